The van der Waals surface area contributed by atoms with Gasteiger partial charge < -0.3 is 4.90 Å². The molecule has 0 saturated carbocycles. The SMILES string of the molecule is N#CCCN(C(=O)c1cc(Br)cnc1Cl)c1ccccc1. The lowest BCUT2D eigenvalue weighted by Gasteiger charge is -2.22. The van der Waals surface area contributed by atoms with Crippen LogP contribution in [0.3, 0.4) is 0 Å². The van der Waals surface area contributed by atoms with Crippen LogP contribution in [0.5, 0.6) is 0 Å². The molecule has 4 nitrogen and oxygen atoms in total. The monoisotopic (exact) mass is 363 g/mol. The van der Waals surface area contributed by atoms with Gasteiger partial charge in [0.2, 0.25) is 0 Å². The molecule has 0 spiro atoms. The maximum absolute atomic E-state index is 12.7. The predicted octanol–water partition coefficient (Wildman–Crippen LogP) is 4.06. The molecular weight excluding hydrogens is 354 g/mol. The first-order valence-corrected chi connectivity index (χ1v) is 7.35. The van der Waals surface area contributed by atoms with Crippen molar-refractivity contribution in [1.82, 2.24) is 4.98 Å². The van der Waals surface area contributed by atoms with Gasteiger partial charge in [-0.1, -0.05) is 29.8 Å². The third-order valence-corrected chi connectivity index (χ3v) is 3.53. The molecule has 1 heterocycles. The molecule has 2 aromatic rings. The van der Waals surface area contributed by atoms with Gasteiger partial charge in [0.15, 0.2) is 0 Å². The van der Waals surface area contributed by atoms with Gasteiger partial charge in [-0.15, -0.1) is 0 Å². The minimum Gasteiger partial charge on any atom is -0.307 e. The Morgan fingerprint density at radius 2 is 2.10 bits per heavy atom. The zero-order valence-electron chi connectivity index (χ0n) is 11.0. The summed E-state index contributed by atoms with van der Waals surface area (Å²) in [7, 11) is 0. The quantitative estimate of drug-likeness (QED) is 0.769. The number of carbonyl (C=O) groups is 1. The van der Waals surface area contributed by atoms with Crippen molar-refractivity contribution >= 4 is 39.1 Å². The molecule has 0 fully saturated rings. The molecule has 106 valence electrons. The minimum atomic E-state index is -0.282. The highest BCUT2D eigenvalue weighted by Gasteiger charge is 2.20. The van der Waals surface area contributed by atoms with E-state index in [1.165, 1.54) is 11.1 Å². The molecule has 0 saturated heterocycles. The Morgan fingerprint density at radius 1 is 1.38 bits per heavy atom. The van der Waals surface area contributed by atoms with Crippen LogP contribution in [-0.2, 0) is 0 Å². The topological polar surface area (TPSA) is 57.0 Å². The molecule has 0 aliphatic carbocycles. The highest BCUT2D eigenvalue weighted by atomic mass is 79.9. The Labute approximate surface area is 136 Å². The molecule has 0 radical (unpaired) electrons. The van der Waals surface area contributed by atoms with Crippen molar-refractivity contribution in [2.75, 3.05) is 11.4 Å². The number of carbonyl (C=O) groups excluding carboxylic acids is 1. The number of hydrogen-bond acceptors (Lipinski definition) is 3. The first kappa shape index (κ1) is 15.5. The first-order valence-electron chi connectivity index (χ1n) is 6.18. The Balaban J connectivity index is 2.39. The standard InChI is InChI=1S/C15H11BrClN3O/c16-11-9-13(14(17)19-10-11)15(21)20(8-4-7-18)12-5-2-1-3-6-12/h1-3,5-6,9-10H,4,8H2. The Kier molecular flexibility index (Phi) is 5.32. The number of nitrogens with zero attached hydrogens (tertiary/aromatic N) is 3. The fourth-order valence-electron chi connectivity index (χ4n) is 1.84. The van der Waals surface area contributed by atoms with E-state index in [0.29, 0.717) is 22.3 Å². The summed E-state index contributed by atoms with van der Waals surface area (Å²) in [6, 6.07) is 12.8. The zero-order chi connectivity index (χ0) is 15.2. The second-order valence-electron chi connectivity index (χ2n) is 4.19. The zero-order valence-corrected chi connectivity index (χ0v) is 13.3. The van der Waals surface area contributed by atoms with Crippen LogP contribution in [0, 0.1) is 11.3 Å². The number of pyridine rings is 1. The molecule has 0 N–H and O–H groups in total. The van der Waals surface area contributed by atoms with E-state index in [-0.39, 0.29) is 17.5 Å². The van der Waals surface area contributed by atoms with Crippen molar-refractivity contribution < 1.29 is 4.79 Å². The van der Waals surface area contributed by atoms with E-state index in [2.05, 4.69) is 20.9 Å². The number of anilines is 1. The highest BCUT2D eigenvalue weighted by molar-refractivity contribution is 9.10. The maximum Gasteiger partial charge on any atom is 0.261 e. The second kappa shape index (κ2) is 7.21. The van der Waals surface area contributed by atoms with Crippen molar-refractivity contribution in [2.45, 2.75) is 6.42 Å². The summed E-state index contributed by atoms with van der Waals surface area (Å²) in [5.74, 6) is -0.282. The van der Waals surface area contributed by atoms with Gasteiger partial charge in [0.25, 0.3) is 5.91 Å². The van der Waals surface area contributed by atoms with E-state index in [4.69, 9.17) is 16.9 Å². The minimum absolute atomic E-state index is 0.140. The first-order chi connectivity index (χ1) is 10.1. The number of amides is 1. The number of aromatic nitrogens is 1. The molecule has 0 bridgehead atoms. The van der Waals surface area contributed by atoms with Gasteiger partial charge in [-0.2, -0.15) is 5.26 Å². The van der Waals surface area contributed by atoms with Crippen LogP contribution in [-0.4, -0.2) is 17.4 Å². The Bertz CT molecular complexity index is 685. The van der Waals surface area contributed by atoms with Crippen molar-refractivity contribution in [3.63, 3.8) is 0 Å². The molecule has 1 aromatic heterocycles. The van der Waals surface area contributed by atoms with Gasteiger partial charge in [-0.25, -0.2) is 4.98 Å². The molecule has 1 aromatic carbocycles. The van der Waals surface area contributed by atoms with Crippen LogP contribution in [0.25, 0.3) is 0 Å². The summed E-state index contributed by atoms with van der Waals surface area (Å²) in [5, 5.41) is 8.92. The van der Waals surface area contributed by atoms with E-state index in [9.17, 15) is 4.79 Å². The second-order valence-corrected chi connectivity index (χ2v) is 5.47. The molecule has 0 atom stereocenters. The third kappa shape index (κ3) is 3.81. The van der Waals surface area contributed by atoms with E-state index in [1.54, 1.807) is 6.07 Å². The van der Waals surface area contributed by atoms with Crippen LogP contribution in [0.2, 0.25) is 5.15 Å². The van der Waals surface area contributed by atoms with Crippen molar-refractivity contribution in [3.8, 4) is 6.07 Å². The van der Waals surface area contributed by atoms with E-state index < -0.39 is 0 Å². The van der Waals surface area contributed by atoms with E-state index in [0.717, 1.165) is 0 Å². The largest absolute Gasteiger partial charge is 0.307 e. The molecular formula is C15H11BrClN3O. The van der Waals surface area contributed by atoms with Gasteiger partial charge in [-0.05, 0) is 34.1 Å². The van der Waals surface area contributed by atoms with Crippen LogP contribution >= 0.6 is 27.5 Å². The van der Waals surface area contributed by atoms with Gasteiger partial charge in [-0.3, -0.25) is 4.79 Å². The molecule has 0 aliphatic rings. The van der Waals surface area contributed by atoms with Gasteiger partial charge >= 0.3 is 0 Å². The number of halogens is 2. The van der Waals surface area contributed by atoms with E-state index in [1.807, 2.05) is 36.4 Å². The molecule has 0 unspecified atom stereocenters. The average Bonchev–Trinajstić information content (AvgIpc) is 2.51. The summed E-state index contributed by atoms with van der Waals surface area (Å²) in [6.07, 6.45) is 1.76. The summed E-state index contributed by atoms with van der Waals surface area (Å²) in [6.45, 7) is 0.294. The van der Waals surface area contributed by atoms with Gasteiger partial charge in [0, 0.05) is 22.9 Å². The lowest BCUT2D eigenvalue weighted by molar-refractivity contribution is 0.0987. The maximum atomic E-state index is 12.7. The summed E-state index contributed by atoms with van der Waals surface area (Å²) in [4.78, 5) is 18.2. The fourth-order valence-corrected chi connectivity index (χ4v) is 2.35. The molecule has 6 heteroatoms. The Morgan fingerprint density at radius 3 is 2.76 bits per heavy atom. The van der Waals surface area contributed by atoms with Crippen molar-refractivity contribution in [1.29, 1.82) is 5.26 Å². The van der Waals surface area contributed by atoms with Gasteiger partial charge in [0.1, 0.15) is 5.15 Å². The normalized spacial score (nSPS) is 9.95. The lowest BCUT2D eigenvalue weighted by atomic mass is 10.2. The predicted molar refractivity (Wildman–Crippen MR) is 85.3 cm³/mol. The summed E-state index contributed by atoms with van der Waals surface area (Å²) >= 11 is 9.29. The molecule has 21 heavy (non-hydrogen) atoms. The number of para-hydroxylation sites is 1. The van der Waals surface area contributed by atoms with Crippen LogP contribution in [0.15, 0.2) is 47.1 Å². The van der Waals surface area contributed by atoms with Crippen molar-refractivity contribution in [2.24, 2.45) is 0 Å². The summed E-state index contributed by atoms with van der Waals surface area (Å²) < 4.78 is 0.670. The van der Waals surface area contributed by atoms with Crippen LogP contribution < -0.4 is 4.90 Å². The third-order valence-electron chi connectivity index (χ3n) is 2.80. The number of benzene rings is 1. The summed E-state index contributed by atoms with van der Waals surface area (Å²) in [5.41, 5.74) is 1.02. The molecule has 1 amide bonds. The van der Waals surface area contributed by atoms with E-state index >= 15 is 0 Å². The lowest BCUT2D eigenvalue weighted by Crippen LogP contribution is -2.32. The fraction of sp³-hybridized carbons (Fsp3) is 0.133. The molecule has 2 rings (SSSR count). The van der Waals surface area contributed by atoms with Gasteiger partial charge in [0.05, 0.1) is 18.1 Å². The highest BCUT2D eigenvalue weighted by Crippen LogP contribution is 2.23. The number of rotatable bonds is 4. The van der Waals surface area contributed by atoms with Crippen molar-refractivity contribution in [3.05, 3.63) is 57.8 Å². The number of hydrogen-bond donors (Lipinski definition) is 0. The Hall–Kier alpha value is -1.90. The number of nitriles is 1. The smallest absolute Gasteiger partial charge is 0.261 e. The molecule has 0 aliphatic heterocycles. The average molecular weight is 365 g/mol. The van der Waals surface area contributed by atoms with Crippen LogP contribution in [0.1, 0.15) is 16.8 Å². The van der Waals surface area contributed by atoms with Crippen LogP contribution in [0.4, 0.5) is 5.69 Å².